The molecule has 2 heterocycles. The Balaban J connectivity index is 1.95. The van der Waals surface area contributed by atoms with Gasteiger partial charge in [-0.3, -0.25) is 4.40 Å². The number of imidazole rings is 1. The first kappa shape index (κ1) is 12.0. The third-order valence-corrected chi connectivity index (χ3v) is 4.26. The number of anilines is 1. The van der Waals surface area contributed by atoms with Crippen LogP contribution in [0.5, 0.6) is 0 Å². The number of nitrogens with zero attached hydrogens (tertiary/aromatic N) is 3. The fourth-order valence-corrected chi connectivity index (χ4v) is 3.16. The van der Waals surface area contributed by atoms with Crippen LogP contribution in [0.3, 0.4) is 0 Å². The summed E-state index contributed by atoms with van der Waals surface area (Å²) in [5.74, 6) is 1.99. The first-order valence-corrected chi connectivity index (χ1v) is 7.61. The molecule has 1 aliphatic rings. The van der Waals surface area contributed by atoms with Crippen LogP contribution in [-0.2, 0) is 6.54 Å². The molecule has 0 bridgehead atoms. The molecule has 0 atom stereocenters. The third-order valence-electron chi connectivity index (χ3n) is 3.50. The molecule has 18 heavy (non-hydrogen) atoms. The van der Waals surface area contributed by atoms with Crippen molar-refractivity contribution in [1.29, 1.82) is 0 Å². The van der Waals surface area contributed by atoms with Crippen molar-refractivity contribution in [2.45, 2.75) is 32.7 Å². The highest BCUT2D eigenvalue weighted by molar-refractivity contribution is 7.15. The van der Waals surface area contributed by atoms with Crippen molar-refractivity contribution in [3.8, 4) is 0 Å². The van der Waals surface area contributed by atoms with Gasteiger partial charge in [0.1, 0.15) is 0 Å². The van der Waals surface area contributed by atoms with Crippen LogP contribution in [0.1, 0.15) is 31.9 Å². The lowest BCUT2D eigenvalue weighted by atomic mass is 10.3. The quantitative estimate of drug-likeness (QED) is 0.872. The molecule has 2 N–H and O–H groups in total. The molecule has 0 aromatic carbocycles. The summed E-state index contributed by atoms with van der Waals surface area (Å²) in [6.45, 7) is 5.00. The molecule has 5 heteroatoms. The number of rotatable bonds is 6. The van der Waals surface area contributed by atoms with E-state index in [-0.39, 0.29) is 0 Å². The van der Waals surface area contributed by atoms with E-state index in [4.69, 9.17) is 10.7 Å². The number of hydrogen-bond donors (Lipinski definition) is 1. The summed E-state index contributed by atoms with van der Waals surface area (Å²) >= 11 is 1.68. The zero-order chi connectivity index (χ0) is 12.5. The van der Waals surface area contributed by atoms with Crippen molar-refractivity contribution in [3.05, 3.63) is 17.3 Å². The van der Waals surface area contributed by atoms with Gasteiger partial charge in [0.05, 0.1) is 5.69 Å². The molecular weight excluding hydrogens is 244 g/mol. The van der Waals surface area contributed by atoms with E-state index in [2.05, 4.69) is 27.8 Å². The minimum atomic E-state index is 0.554. The highest BCUT2D eigenvalue weighted by Crippen LogP contribution is 2.33. The van der Waals surface area contributed by atoms with Crippen LogP contribution in [0.4, 0.5) is 5.82 Å². The second kappa shape index (κ2) is 4.90. The number of nitrogens with two attached hydrogens (primary N) is 1. The summed E-state index contributed by atoms with van der Waals surface area (Å²) < 4.78 is 2.13. The maximum Gasteiger partial charge on any atom is 0.195 e. The predicted molar refractivity (Wildman–Crippen MR) is 76.2 cm³/mol. The molecule has 2 aromatic rings. The Kier molecular flexibility index (Phi) is 3.26. The number of aromatic nitrogens is 2. The highest BCUT2D eigenvalue weighted by atomic mass is 32.1. The number of hydrogen-bond acceptors (Lipinski definition) is 4. The third kappa shape index (κ3) is 2.12. The van der Waals surface area contributed by atoms with E-state index in [9.17, 15) is 0 Å². The fourth-order valence-electron chi connectivity index (χ4n) is 2.43. The molecule has 98 valence electrons. The molecule has 0 spiro atoms. The molecule has 3 rings (SSSR count). The minimum Gasteiger partial charge on any atom is -0.355 e. The van der Waals surface area contributed by atoms with Gasteiger partial charge in [0, 0.05) is 31.2 Å². The largest absolute Gasteiger partial charge is 0.355 e. The Morgan fingerprint density at radius 3 is 3.06 bits per heavy atom. The van der Waals surface area contributed by atoms with E-state index in [0.717, 1.165) is 41.9 Å². The lowest BCUT2D eigenvalue weighted by Crippen LogP contribution is -2.28. The average molecular weight is 264 g/mol. The van der Waals surface area contributed by atoms with E-state index in [0.29, 0.717) is 6.54 Å². The predicted octanol–water partition coefficient (Wildman–Crippen LogP) is 2.48. The van der Waals surface area contributed by atoms with Crippen LogP contribution in [-0.4, -0.2) is 22.5 Å². The Bertz CT molecular complexity index is 526. The van der Waals surface area contributed by atoms with Crippen LogP contribution >= 0.6 is 11.3 Å². The summed E-state index contributed by atoms with van der Waals surface area (Å²) in [4.78, 5) is 8.26. The molecule has 1 aliphatic carbocycles. The van der Waals surface area contributed by atoms with Gasteiger partial charge in [0.2, 0.25) is 0 Å². The molecule has 2 aromatic heterocycles. The molecule has 0 saturated heterocycles. The van der Waals surface area contributed by atoms with Crippen molar-refractivity contribution in [2.75, 3.05) is 18.0 Å². The van der Waals surface area contributed by atoms with Gasteiger partial charge in [-0.1, -0.05) is 6.92 Å². The topological polar surface area (TPSA) is 46.6 Å². The first-order valence-electron chi connectivity index (χ1n) is 6.73. The second-order valence-electron chi connectivity index (χ2n) is 5.03. The molecule has 0 aliphatic heterocycles. The SMILES string of the molecule is CCCN(CC1CC1)c1nc2sccn2c1CN. The molecule has 0 unspecified atom stereocenters. The maximum absolute atomic E-state index is 5.92. The Hall–Kier alpha value is -1.07. The van der Waals surface area contributed by atoms with E-state index < -0.39 is 0 Å². The lowest BCUT2D eigenvalue weighted by Gasteiger charge is -2.23. The van der Waals surface area contributed by atoms with Gasteiger partial charge < -0.3 is 10.6 Å². The number of fused-ring (bicyclic) bond motifs is 1. The minimum absolute atomic E-state index is 0.554. The molecular formula is C13H20N4S. The smallest absolute Gasteiger partial charge is 0.195 e. The monoisotopic (exact) mass is 264 g/mol. The summed E-state index contributed by atoms with van der Waals surface area (Å²) in [5.41, 5.74) is 7.07. The summed E-state index contributed by atoms with van der Waals surface area (Å²) in [5, 5.41) is 2.07. The van der Waals surface area contributed by atoms with Gasteiger partial charge in [-0.25, -0.2) is 4.98 Å². The van der Waals surface area contributed by atoms with Crippen LogP contribution < -0.4 is 10.6 Å². The van der Waals surface area contributed by atoms with Gasteiger partial charge in [-0.05, 0) is 25.2 Å². The molecule has 1 fully saturated rings. The zero-order valence-corrected chi connectivity index (χ0v) is 11.6. The van der Waals surface area contributed by atoms with Gasteiger partial charge in [0.25, 0.3) is 0 Å². The van der Waals surface area contributed by atoms with Crippen LogP contribution in [0.2, 0.25) is 0 Å². The van der Waals surface area contributed by atoms with E-state index >= 15 is 0 Å². The lowest BCUT2D eigenvalue weighted by molar-refractivity contribution is 0.696. The molecule has 0 amide bonds. The van der Waals surface area contributed by atoms with E-state index in [1.165, 1.54) is 12.8 Å². The Morgan fingerprint density at radius 1 is 1.56 bits per heavy atom. The van der Waals surface area contributed by atoms with Gasteiger partial charge in [0.15, 0.2) is 10.8 Å². The van der Waals surface area contributed by atoms with Crippen LogP contribution in [0.25, 0.3) is 4.96 Å². The van der Waals surface area contributed by atoms with Gasteiger partial charge >= 0.3 is 0 Å². The molecule has 1 saturated carbocycles. The Labute approximate surface area is 111 Å². The second-order valence-corrected chi connectivity index (χ2v) is 5.90. The molecule has 0 radical (unpaired) electrons. The Morgan fingerprint density at radius 2 is 2.39 bits per heavy atom. The highest BCUT2D eigenvalue weighted by Gasteiger charge is 2.26. The molecule has 4 nitrogen and oxygen atoms in total. The average Bonchev–Trinajstić information content (AvgIpc) is 2.94. The van der Waals surface area contributed by atoms with Crippen molar-refractivity contribution in [3.63, 3.8) is 0 Å². The van der Waals surface area contributed by atoms with Gasteiger partial charge in [-0.2, -0.15) is 0 Å². The summed E-state index contributed by atoms with van der Waals surface area (Å²) in [6, 6.07) is 0. The van der Waals surface area contributed by atoms with Gasteiger partial charge in [-0.15, -0.1) is 11.3 Å². The number of thiazole rings is 1. The summed E-state index contributed by atoms with van der Waals surface area (Å²) in [7, 11) is 0. The zero-order valence-electron chi connectivity index (χ0n) is 10.8. The first-order chi connectivity index (χ1) is 8.83. The fraction of sp³-hybridized carbons (Fsp3) is 0.615. The van der Waals surface area contributed by atoms with Crippen molar-refractivity contribution < 1.29 is 0 Å². The van der Waals surface area contributed by atoms with E-state index in [1.54, 1.807) is 11.3 Å². The van der Waals surface area contributed by atoms with Crippen molar-refractivity contribution >= 4 is 22.1 Å². The summed E-state index contributed by atoms with van der Waals surface area (Å²) in [6.07, 6.45) is 5.97. The van der Waals surface area contributed by atoms with Crippen LogP contribution in [0, 0.1) is 5.92 Å². The van der Waals surface area contributed by atoms with Crippen molar-refractivity contribution in [1.82, 2.24) is 9.38 Å². The van der Waals surface area contributed by atoms with E-state index in [1.807, 2.05) is 0 Å². The maximum atomic E-state index is 5.92. The normalized spacial score (nSPS) is 15.4. The van der Waals surface area contributed by atoms with Crippen LogP contribution in [0.15, 0.2) is 11.6 Å². The standard InChI is InChI=1S/C13H20N4S/c1-2-5-16(9-10-3-4-10)12-11(8-14)17-6-7-18-13(17)15-12/h6-7,10H,2-5,8-9,14H2,1H3. The van der Waals surface area contributed by atoms with Crippen molar-refractivity contribution in [2.24, 2.45) is 11.7 Å².